The first-order valence-corrected chi connectivity index (χ1v) is 8.01. The molecule has 2 aromatic rings. The van der Waals surface area contributed by atoms with Crippen LogP contribution in [0.2, 0.25) is 0 Å². The molecule has 5 heteroatoms. The maximum atomic E-state index is 12.2. The van der Waals surface area contributed by atoms with Crippen LogP contribution in [0, 0.1) is 36.5 Å². The summed E-state index contributed by atoms with van der Waals surface area (Å²) in [5.74, 6) is -0.422. The van der Waals surface area contributed by atoms with Crippen molar-refractivity contribution in [2.45, 2.75) is 33.7 Å². The number of ether oxygens (including phenoxy) is 1. The standard InChI is InChI=1S/C20H19N3O2/c1-4-9-23-14(2)10-17(15(23)3)11-18(13-22)20(24)25-19-7-5-16(12-21)6-8-19/h5-8,10-11H,4,9H2,1-3H3/b18-11+. The zero-order chi connectivity index (χ0) is 18.4. The number of hydrogen-bond donors (Lipinski definition) is 0. The Kier molecular flexibility index (Phi) is 5.76. The summed E-state index contributed by atoms with van der Waals surface area (Å²) < 4.78 is 7.38. The molecule has 0 N–H and O–H groups in total. The van der Waals surface area contributed by atoms with Crippen molar-refractivity contribution in [1.29, 1.82) is 10.5 Å². The van der Waals surface area contributed by atoms with Crippen molar-refractivity contribution in [2.24, 2.45) is 0 Å². The van der Waals surface area contributed by atoms with Crippen LogP contribution >= 0.6 is 0 Å². The van der Waals surface area contributed by atoms with Crippen LogP contribution in [0.25, 0.3) is 6.08 Å². The molecule has 0 unspecified atom stereocenters. The van der Waals surface area contributed by atoms with Gasteiger partial charge in [0.2, 0.25) is 0 Å². The molecule has 0 aliphatic carbocycles. The van der Waals surface area contributed by atoms with Crippen molar-refractivity contribution in [3.05, 3.63) is 58.4 Å². The van der Waals surface area contributed by atoms with Gasteiger partial charge in [-0.15, -0.1) is 0 Å². The molecule has 0 bridgehead atoms. The highest BCUT2D eigenvalue weighted by atomic mass is 16.5. The van der Waals surface area contributed by atoms with Crippen LogP contribution in [-0.2, 0) is 11.3 Å². The van der Waals surface area contributed by atoms with E-state index in [1.807, 2.05) is 32.1 Å². The zero-order valence-electron chi connectivity index (χ0n) is 14.5. The van der Waals surface area contributed by atoms with Gasteiger partial charge in [0.1, 0.15) is 17.4 Å². The van der Waals surface area contributed by atoms with E-state index in [2.05, 4.69) is 11.5 Å². The van der Waals surface area contributed by atoms with Crippen molar-refractivity contribution in [3.63, 3.8) is 0 Å². The SMILES string of the molecule is CCCn1c(C)cc(/C=C(\C#N)C(=O)Oc2ccc(C#N)cc2)c1C. The Morgan fingerprint density at radius 2 is 1.92 bits per heavy atom. The molecule has 1 heterocycles. The number of carbonyl (C=O) groups excluding carboxylic acids is 1. The van der Waals surface area contributed by atoms with E-state index in [0.29, 0.717) is 11.3 Å². The molecule has 0 saturated carbocycles. The minimum atomic E-state index is -0.715. The van der Waals surface area contributed by atoms with Crippen LogP contribution in [0.1, 0.15) is 35.9 Å². The third-order valence-corrected chi connectivity index (χ3v) is 3.89. The quantitative estimate of drug-likeness (QED) is 0.360. The molecule has 0 amide bonds. The Bertz CT molecular complexity index is 891. The van der Waals surface area contributed by atoms with Gasteiger partial charge in [-0.25, -0.2) is 4.79 Å². The predicted octanol–water partition coefficient (Wildman–Crippen LogP) is 3.90. The van der Waals surface area contributed by atoms with E-state index in [0.717, 1.165) is 29.9 Å². The van der Waals surface area contributed by atoms with Gasteiger partial charge in [0.15, 0.2) is 0 Å². The first-order chi connectivity index (χ1) is 12.0. The number of rotatable bonds is 5. The summed E-state index contributed by atoms with van der Waals surface area (Å²) in [6.45, 7) is 6.96. The Morgan fingerprint density at radius 1 is 1.24 bits per heavy atom. The number of carbonyl (C=O) groups is 1. The molecule has 0 spiro atoms. The van der Waals surface area contributed by atoms with E-state index in [4.69, 9.17) is 10.00 Å². The molecular formula is C20H19N3O2. The highest BCUT2D eigenvalue weighted by Crippen LogP contribution is 2.20. The van der Waals surface area contributed by atoms with Gasteiger partial charge < -0.3 is 9.30 Å². The number of benzene rings is 1. The Balaban J connectivity index is 2.25. The fourth-order valence-electron chi connectivity index (χ4n) is 2.59. The van der Waals surface area contributed by atoms with Crippen LogP contribution in [0.5, 0.6) is 5.75 Å². The molecule has 5 nitrogen and oxygen atoms in total. The molecule has 1 aromatic carbocycles. The van der Waals surface area contributed by atoms with Crippen LogP contribution in [0.15, 0.2) is 35.9 Å². The van der Waals surface area contributed by atoms with Gasteiger partial charge in [0, 0.05) is 17.9 Å². The topological polar surface area (TPSA) is 78.8 Å². The maximum absolute atomic E-state index is 12.2. The lowest BCUT2D eigenvalue weighted by molar-refractivity contribution is -0.129. The molecule has 0 aliphatic rings. The van der Waals surface area contributed by atoms with Crippen LogP contribution in [0.3, 0.4) is 0 Å². The average molecular weight is 333 g/mol. The lowest BCUT2D eigenvalue weighted by atomic mass is 10.1. The summed E-state index contributed by atoms with van der Waals surface area (Å²) in [5, 5.41) is 18.1. The number of aromatic nitrogens is 1. The average Bonchev–Trinajstić information content (AvgIpc) is 2.88. The normalized spacial score (nSPS) is 10.8. The summed E-state index contributed by atoms with van der Waals surface area (Å²) in [7, 11) is 0. The van der Waals surface area contributed by atoms with Crippen LogP contribution < -0.4 is 4.74 Å². The van der Waals surface area contributed by atoms with Gasteiger partial charge in [-0.05, 0) is 62.2 Å². The van der Waals surface area contributed by atoms with Gasteiger partial charge in [-0.1, -0.05) is 6.92 Å². The summed E-state index contributed by atoms with van der Waals surface area (Å²) in [6, 6.07) is 12.0. The van der Waals surface area contributed by atoms with Crippen molar-refractivity contribution in [1.82, 2.24) is 4.57 Å². The molecule has 126 valence electrons. The van der Waals surface area contributed by atoms with Gasteiger partial charge >= 0.3 is 5.97 Å². The molecule has 0 saturated heterocycles. The van der Waals surface area contributed by atoms with E-state index in [1.165, 1.54) is 12.1 Å². The van der Waals surface area contributed by atoms with Gasteiger partial charge in [-0.2, -0.15) is 10.5 Å². The molecule has 1 aromatic heterocycles. The van der Waals surface area contributed by atoms with Crippen LogP contribution in [-0.4, -0.2) is 10.5 Å². The lowest BCUT2D eigenvalue weighted by Gasteiger charge is -2.07. The molecule has 0 aliphatic heterocycles. The van der Waals surface area contributed by atoms with Crippen molar-refractivity contribution >= 4 is 12.0 Å². The van der Waals surface area contributed by atoms with E-state index >= 15 is 0 Å². The van der Waals surface area contributed by atoms with E-state index in [1.54, 1.807) is 18.2 Å². The molecule has 0 radical (unpaired) electrons. The highest BCUT2D eigenvalue weighted by molar-refractivity contribution is 5.99. The Morgan fingerprint density at radius 3 is 2.48 bits per heavy atom. The van der Waals surface area contributed by atoms with Gasteiger partial charge in [0.25, 0.3) is 0 Å². The summed E-state index contributed by atoms with van der Waals surface area (Å²) in [4.78, 5) is 12.2. The van der Waals surface area contributed by atoms with Crippen LogP contribution in [0.4, 0.5) is 0 Å². The molecule has 2 rings (SSSR count). The highest BCUT2D eigenvalue weighted by Gasteiger charge is 2.14. The second-order valence-electron chi connectivity index (χ2n) is 5.67. The number of nitriles is 2. The molecule has 0 fully saturated rings. The van der Waals surface area contributed by atoms with Gasteiger partial charge in [-0.3, -0.25) is 0 Å². The number of aryl methyl sites for hydroxylation is 1. The fourth-order valence-corrected chi connectivity index (χ4v) is 2.59. The second-order valence-corrected chi connectivity index (χ2v) is 5.67. The molecule has 0 atom stereocenters. The minimum absolute atomic E-state index is 0.0684. The summed E-state index contributed by atoms with van der Waals surface area (Å²) >= 11 is 0. The van der Waals surface area contributed by atoms with Crippen molar-refractivity contribution < 1.29 is 9.53 Å². The fraction of sp³-hybridized carbons (Fsp3) is 0.250. The maximum Gasteiger partial charge on any atom is 0.354 e. The summed E-state index contributed by atoms with van der Waals surface area (Å²) in [5.41, 5.74) is 3.33. The zero-order valence-corrected chi connectivity index (χ0v) is 14.5. The van der Waals surface area contributed by atoms with Crippen molar-refractivity contribution in [3.8, 4) is 17.9 Å². The van der Waals surface area contributed by atoms with E-state index in [9.17, 15) is 10.1 Å². The molecule has 25 heavy (non-hydrogen) atoms. The molecular weight excluding hydrogens is 314 g/mol. The van der Waals surface area contributed by atoms with E-state index < -0.39 is 5.97 Å². The smallest absolute Gasteiger partial charge is 0.354 e. The lowest BCUT2D eigenvalue weighted by Crippen LogP contribution is -2.10. The number of hydrogen-bond acceptors (Lipinski definition) is 4. The minimum Gasteiger partial charge on any atom is -0.422 e. The summed E-state index contributed by atoms with van der Waals surface area (Å²) in [6.07, 6.45) is 2.56. The van der Waals surface area contributed by atoms with Gasteiger partial charge in [0.05, 0.1) is 11.6 Å². The Hall–Kier alpha value is -3.31. The predicted molar refractivity (Wildman–Crippen MR) is 94.6 cm³/mol. The first-order valence-electron chi connectivity index (χ1n) is 8.01. The van der Waals surface area contributed by atoms with E-state index in [-0.39, 0.29) is 5.57 Å². The third-order valence-electron chi connectivity index (χ3n) is 3.89. The number of esters is 1. The monoisotopic (exact) mass is 333 g/mol. The Labute approximate surface area is 147 Å². The largest absolute Gasteiger partial charge is 0.422 e. The second kappa shape index (κ2) is 7.99. The van der Waals surface area contributed by atoms with Crippen molar-refractivity contribution in [2.75, 3.05) is 0 Å². The first kappa shape index (κ1) is 18.0. The third kappa shape index (κ3) is 4.16. The number of nitrogens with zero attached hydrogens (tertiary/aromatic N) is 3.